The predicted octanol–water partition coefficient (Wildman–Crippen LogP) is 10.5. The summed E-state index contributed by atoms with van der Waals surface area (Å²) in [5.41, 5.74) is 1.63. The maximum absolute atomic E-state index is 12.6. The van der Waals surface area contributed by atoms with Gasteiger partial charge in [0.25, 0.3) is 10.1 Å². The van der Waals surface area contributed by atoms with Crippen LogP contribution in [0.2, 0.25) is 0 Å². The van der Waals surface area contributed by atoms with Crippen LogP contribution >= 0.6 is 0 Å². The van der Waals surface area contributed by atoms with Crippen molar-refractivity contribution in [3.05, 3.63) is 29.8 Å². The van der Waals surface area contributed by atoms with Crippen molar-refractivity contribution in [1.29, 1.82) is 0 Å². The van der Waals surface area contributed by atoms with Crippen LogP contribution in [0.15, 0.2) is 29.2 Å². The zero-order valence-corrected chi connectivity index (χ0v) is 29.1. The van der Waals surface area contributed by atoms with Gasteiger partial charge in [0.2, 0.25) is 0 Å². The molecule has 1 aromatic rings. The molecule has 42 heavy (non-hydrogen) atoms. The number of rotatable bonds is 9. The van der Waals surface area contributed by atoms with E-state index in [-0.39, 0.29) is 4.90 Å². The van der Waals surface area contributed by atoms with E-state index in [0.717, 1.165) is 47.8 Å². The number of fused-ring (bicyclic) bond motifs is 5. The average molecular weight is 599 g/mol. The van der Waals surface area contributed by atoms with Gasteiger partial charge in [-0.3, -0.25) is 4.18 Å². The second-order valence-corrected chi connectivity index (χ2v) is 18.9. The summed E-state index contributed by atoms with van der Waals surface area (Å²) in [6, 6.07) is 7.53. The molecule has 1 aromatic carbocycles. The zero-order chi connectivity index (χ0) is 30.5. The van der Waals surface area contributed by atoms with Gasteiger partial charge in [-0.2, -0.15) is 8.42 Å². The van der Waals surface area contributed by atoms with Gasteiger partial charge in [0.15, 0.2) is 0 Å². The Bertz CT molecular complexity index is 1160. The summed E-state index contributed by atoms with van der Waals surface area (Å²) >= 11 is 0. The minimum absolute atomic E-state index is 0.263. The van der Waals surface area contributed by atoms with Gasteiger partial charge in [0.05, 0.1) is 10.5 Å². The van der Waals surface area contributed by atoms with Gasteiger partial charge in [-0.25, -0.2) is 0 Å². The SMILES string of the molecule is CC(C)CCCC(C)C1CCC2C3CCC4CC(Cc5ccc(S(=O)(=O)OC(C)(C)C)cc5)CC[C@]4(C)C3CC[C@]12C. The van der Waals surface area contributed by atoms with Crippen LogP contribution in [-0.4, -0.2) is 14.0 Å². The lowest BCUT2D eigenvalue weighted by molar-refractivity contribution is -0.121. The van der Waals surface area contributed by atoms with Crippen LogP contribution in [0.4, 0.5) is 0 Å². The molecule has 9 atom stereocenters. The van der Waals surface area contributed by atoms with Crippen molar-refractivity contribution in [2.75, 3.05) is 0 Å². The third-order valence-electron chi connectivity index (χ3n) is 13.1. The molecule has 238 valence electrons. The molecule has 0 bridgehead atoms. The molecule has 7 unspecified atom stereocenters. The van der Waals surface area contributed by atoms with Crippen molar-refractivity contribution in [2.45, 2.75) is 149 Å². The standard InChI is InChI=1S/C38H62O3S/c1-26(2)10-9-11-27(3)33-18-19-34-32-17-14-30-25-29(20-22-37(30,7)35(32)21-23-38(33,34)8)24-28-12-15-31(16-13-28)42(39,40)41-36(4,5)6/h12-13,15-16,26-27,29-30,32-35H,9-11,14,17-25H2,1-8H3/t27?,29?,30?,32?,33?,34?,35?,37-,38+/m0/s1. The van der Waals surface area contributed by atoms with Gasteiger partial charge in [-0.15, -0.1) is 0 Å². The molecule has 0 amide bonds. The molecular formula is C38H62O3S. The molecule has 0 aromatic heterocycles. The predicted molar refractivity (Wildman–Crippen MR) is 175 cm³/mol. The molecule has 4 fully saturated rings. The van der Waals surface area contributed by atoms with Crippen molar-refractivity contribution >= 4 is 10.1 Å². The summed E-state index contributed by atoms with van der Waals surface area (Å²) in [6.45, 7) is 18.1. The minimum Gasteiger partial charge on any atom is -0.261 e. The first-order valence-electron chi connectivity index (χ1n) is 17.7. The Hall–Kier alpha value is -0.870. The van der Waals surface area contributed by atoms with E-state index in [1.165, 1.54) is 82.6 Å². The third-order valence-corrected chi connectivity index (χ3v) is 14.6. The summed E-state index contributed by atoms with van der Waals surface area (Å²) in [4.78, 5) is 0.263. The second-order valence-electron chi connectivity index (χ2n) is 17.3. The minimum atomic E-state index is -3.73. The highest BCUT2D eigenvalue weighted by Crippen LogP contribution is 2.68. The molecule has 0 radical (unpaired) electrons. The summed E-state index contributed by atoms with van der Waals surface area (Å²) in [5, 5.41) is 0. The lowest BCUT2D eigenvalue weighted by Gasteiger charge is -2.61. The fraction of sp³-hybridized carbons (Fsp3) is 0.842. The summed E-state index contributed by atoms with van der Waals surface area (Å²) in [5.74, 6) is 7.08. The van der Waals surface area contributed by atoms with E-state index in [1.54, 1.807) is 32.9 Å². The smallest absolute Gasteiger partial charge is 0.261 e. The first kappa shape index (κ1) is 32.5. The van der Waals surface area contributed by atoms with Gasteiger partial charge in [0, 0.05) is 0 Å². The number of hydrogen-bond acceptors (Lipinski definition) is 3. The van der Waals surface area contributed by atoms with E-state index < -0.39 is 15.7 Å². The second kappa shape index (κ2) is 12.1. The lowest BCUT2D eigenvalue weighted by Crippen LogP contribution is -2.53. The van der Waals surface area contributed by atoms with Crippen LogP contribution in [0.25, 0.3) is 0 Å². The van der Waals surface area contributed by atoms with E-state index in [1.807, 2.05) is 12.1 Å². The average Bonchev–Trinajstić information content (AvgIpc) is 3.25. The summed E-state index contributed by atoms with van der Waals surface area (Å²) in [6.07, 6.45) is 18.2. The van der Waals surface area contributed by atoms with Crippen LogP contribution in [0, 0.1) is 58.2 Å². The Labute approximate surface area is 259 Å². The highest BCUT2D eigenvalue weighted by molar-refractivity contribution is 7.86. The van der Waals surface area contributed by atoms with Crippen molar-refractivity contribution < 1.29 is 12.6 Å². The van der Waals surface area contributed by atoms with Crippen molar-refractivity contribution in [1.82, 2.24) is 0 Å². The Kier molecular flexibility index (Phi) is 9.40. The van der Waals surface area contributed by atoms with Gasteiger partial charge in [0.1, 0.15) is 0 Å². The van der Waals surface area contributed by atoms with Crippen LogP contribution in [0.5, 0.6) is 0 Å². The molecule has 0 N–H and O–H groups in total. The molecule has 4 aliphatic rings. The Morgan fingerprint density at radius 1 is 0.857 bits per heavy atom. The van der Waals surface area contributed by atoms with E-state index in [2.05, 4.69) is 34.6 Å². The number of hydrogen-bond donors (Lipinski definition) is 0. The fourth-order valence-electron chi connectivity index (χ4n) is 11.1. The molecule has 3 nitrogen and oxygen atoms in total. The maximum Gasteiger partial charge on any atom is 0.297 e. The molecule has 0 aliphatic heterocycles. The van der Waals surface area contributed by atoms with Crippen LogP contribution < -0.4 is 0 Å². The van der Waals surface area contributed by atoms with Crippen molar-refractivity contribution in [3.8, 4) is 0 Å². The third kappa shape index (κ3) is 6.56. The molecule has 0 saturated heterocycles. The van der Waals surface area contributed by atoms with Crippen molar-refractivity contribution in [2.24, 2.45) is 58.2 Å². The monoisotopic (exact) mass is 598 g/mol. The molecule has 4 heteroatoms. The Morgan fingerprint density at radius 2 is 1.52 bits per heavy atom. The van der Waals surface area contributed by atoms with Crippen LogP contribution in [0.1, 0.15) is 138 Å². The maximum atomic E-state index is 12.6. The molecule has 4 saturated carbocycles. The molecule has 0 spiro atoms. The first-order valence-corrected chi connectivity index (χ1v) is 19.1. The quantitative estimate of drug-likeness (QED) is 0.266. The van der Waals surface area contributed by atoms with E-state index >= 15 is 0 Å². The van der Waals surface area contributed by atoms with Crippen LogP contribution in [0.3, 0.4) is 0 Å². The Balaban J connectivity index is 1.20. The van der Waals surface area contributed by atoms with E-state index in [9.17, 15) is 8.42 Å². The van der Waals surface area contributed by atoms with Gasteiger partial charge >= 0.3 is 0 Å². The topological polar surface area (TPSA) is 43.4 Å². The summed E-state index contributed by atoms with van der Waals surface area (Å²) in [7, 11) is -3.73. The first-order chi connectivity index (χ1) is 19.6. The summed E-state index contributed by atoms with van der Waals surface area (Å²) < 4.78 is 30.6. The molecule has 5 rings (SSSR count). The van der Waals surface area contributed by atoms with Gasteiger partial charge in [-0.1, -0.05) is 66.0 Å². The number of benzene rings is 1. The normalized spacial score (nSPS) is 37.6. The molecular weight excluding hydrogens is 536 g/mol. The van der Waals surface area contributed by atoms with Crippen LogP contribution in [-0.2, 0) is 20.7 Å². The highest BCUT2D eigenvalue weighted by atomic mass is 32.2. The zero-order valence-electron chi connectivity index (χ0n) is 28.3. The van der Waals surface area contributed by atoms with E-state index in [4.69, 9.17) is 4.18 Å². The van der Waals surface area contributed by atoms with E-state index in [0.29, 0.717) is 16.7 Å². The Morgan fingerprint density at radius 3 is 2.19 bits per heavy atom. The lowest BCUT2D eigenvalue weighted by atomic mass is 9.44. The molecule has 4 aliphatic carbocycles. The fourth-order valence-corrected chi connectivity index (χ4v) is 12.3. The molecule has 0 heterocycles. The van der Waals surface area contributed by atoms with Crippen molar-refractivity contribution in [3.63, 3.8) is 0 Å². The largest absolute Gasteiger partial charge is 0.297 e. The van der Waals surface area contributed by atoms with Gasteiger partial charge in [-0.05, 0) is 161 Å². The van der Waals surface area contributed by atoms with Gasteiger partial charge < -0.3 is 0 Å². The highest BCUT2D eigenvalue weighted by Gasteiger charge is 2.60.